The molecule has 2 fully saturated rings. The van der Waals surface area contributed by atoms with Gasteiger partial charge in [0.15, 0.2) is 0 Å². The van der Waals surface area contributed by atoms with Crippen molar-refractivity contribution in [2.45, 2.75) is 19.3 Å². The van der Waals surface area contributed by atoms with E-state index in [4.69, 9.17) is 0 Å². The molecule has 1 N–H and O–H groups in total. The minimum absolute atomic E-state index is 0.0146. The third-order valence-electron chi connectivity index (χ3n) is 4.54. The van der Waals surface area contributed by atoms with Gasteiger partial charge in [-0.2, -0.15) is 0 Å². The Balaban J connectivity index is 1.64. The monoisotopic (exact) mass is 309 g/mol. The Kier molecular flexibility index (Phi) is 4.87. The van der Waals surface area contributed by atoms with Crippen molar-refractivity contribution in [3.63, 3.8) is 0 Å². The third kappa shape index (κ3) is 3.62. The second kappa shape index (κ2) is 6.85. The number of hydrogen-bond donors (Lipinski definition) is 1. The Bertz CT molecular complexity index is 459. The van der Waals surface area contributed by atoms with Crippen molar-refractivity contribution in [1.29, 1.82) is 0 Å². The van der Waals surface area contributed by atoms with Crippen molar-refractivity contribution in [1.82, 2.24) is 14.8 Å². The van der Waals surface area contributed by atoms with Crippen LogP contribution in [0.5, 0.6) is 0 Å². The first-order valence-corrected chi connectivity index (χ1v) is 8.71. The molecule has 0 aromatic carbocycles. The van der Waals surface area contributed by atoms with Crippen LogP contribution in [0.15, 0.2) is 10.9 Å². The summed E-state index contributed by atoms with van der Waals surface area (Å²) in [6, 6.07) is 0. The molecule has 1 aromatic heterocycles. The summed E-state index contributed by atoms with van der Waals surface area (Å²) in [6.45, 7) is 5.03. The number of hydrogen-bond acceptors (Lipinski definition) is 5. The first-order chi connectivity index (χ1) is 10.3. The van der Waals surface area contributed by atoms with E-state index >= 15 is 0 Å². The number of nitrogens with zero attached hydrogens (tertiary/aromatic N) is 3. The molecule has 2 atom stereocenters. The highest BCUT2D eigenvalue weighted by Crippen LogP contribution is 2.25. The standard InChI is InChI=1S/C15H23N3O2S/c19-9-13-5-12(6-17-3-1-2-4-17)7-18(8-13)15(20)14-10-21-11-16-14/h10-13,19H,1-9H2/t12-,13-/m0/s1. The maximum absolute atomic E-state index is 12.5. The number of carbonyl (C=O) groups is 1. The summed E-state index contributed by atoms with van der Waals surface area (Å²) in [6.07, 6.45) is 3.60. The zero-order valence-corrected chi connectivity index (χ0v) is 13.1. The highest BCUT2D eigenvalue weighted by Gasteiger charge is 2.32. The lowest BCUT2D eigenvalue weighted by Gasteiger charge is -2.38. The summed E-state index contributed by atoms with van der Waals surface area (Å²) in [7, 11) is 0. The number of aliphatic hydroxyl groups excluding tert-OH is 1. The quantitative estimate of drug-likeness (QED) is 0.911. The third-order valence-corrected chi connectivity index (χ3v) is 5.12. The molecule has 1 aromatic rings. The Morgan fingerprint density at radius 2 is 2.10 bits per heavy atom. The van der Waals surface area contributed by atoms with E-state index in [2.05, 4.69) is 9.88 Å². The van der Waals surface area contributed by atoms with E-state index in [-0.39, 0.29) is 18.4 Å². The summed E-state index contributed by atoms with van der Waals surface area (Å²) in [4.78, 5) is 21.0. The number of aliphatic hydroxyl groups is 1. The van der Waals surface area contributed by atoms with Crippen LogP contribution in [-0.4, -0.2) is 65.1 Å². The maximum atomic E-state index is 12.5. The van der Waals surface area contributed by atoms with E-state index in [1.807, 2.05) is 4.90 Å². The maximum Gasteiger partial charge on any atom is 0.273 e. The lowest BCUT2D eigenvalue weighted by Crippen LogP contribution is -2.47. The summed E-state index contributed by atoms with van der Waals surface area (Å²) >= 11 is 1.45. The molecule has 6 heteroatoms. The van der Waals surface area contributed by atoms with Gasteiger partial charge in [-0.25, -0.2) is 4.98 Å². The van der Waals surface area contributed by atoms with Gasteiger partial charge in [0.2, 0.25) is 0 Å². The Morgan fingerprint density at radius 3 is 2.76 bits per heavy atom. The molecule has 1 amide bonds. The molecule has 0 radical (unpaired) electrons. The minimum atomic E-state index is 0.0146. The van der Waals surface area contributed by atoms with Gasteiger partial charge < -0.3 is 14.9 Å². The van der Waals surface area contributed by atoms with Crippen LogP contribution in [0.1, 0.15) is 29.8 Å². The Morgan fingerprint density at radius 1 is 1.33 bits per heavy atom. The molecular formula is C15H23N3O2S. The number of carbonyl (C=O) groups excluding carboxylic acids is 1. The SMILES string of the molecule is O=C(c1cscn1)N1C[C@@H](CO)C[C@@H](CN2CCCC2)C1. The van der Waals surface area contributed by atoms with Gasteiger partial charge in [0, 0.05) is 31.6 Å². The number of rotatable bonds is 4. The Labute approximate surface area is 129 Å². The second-order valence-electron chi connectivity index (χ2n) is 6.24. The number of amides is 1. The molecule has 3 heterocycles. The first-order valence-electron chi connectivity index (χ1n) is 7.77. The molecule has 0 bridgehead atoms. The molecule has 21 heavy (non-hydrogen) atoms. The van der Waals surface area contributed by atoms with Crippen molar-refractivity contribution >= 4 is 17.2 Å². The average molecular weight is 309 g/mol. The molecule has 0 unspecified atom stereocenters. The fourth-order valence-corrected chi connectivity index (χ4v) is 4.09. The molecule has 3 rings (SSSR count). The van der Waals surface area contributed by atoms with Gasteiger partial charge in [-0.15, -0.1) is 11.3 Å². The van der Waals surface area contributed by atoms with Crippen LogP contribution >= 0.6 is 11.3 Å². The molecule has 5 nitrogen and oxygen atoms in total. The minimum Gasteiger partial charge on any atom is -0.396 e. The van der Waals surface area contributed by atoms with E-state index in [0.29, 0.717) is 18.2 Å². The molecule has 0 aliphatic carbocycles. The van der Waals surface area contributed by atoms with E-state index in [0.717, 1.165) is 19.5 Å². The lowest BCUT2D eigenvalue weighted by molar-refractivity contribution is 0.0461. The first kappa shape index (κ1) is 14.9. The zero-order chi connectivity index (χ0) is 14.7. The van der Waals surface area contributed by atoms with Crippen molar-refractivity contribution in [3.8, 4) is 0 Å². The van der Waals surface area contributed by atoms with Crippen LogP contribution in [-0.2, 0) is 0 Å². The topological polar surface area (TPSA) is 56.7 Å². The highest BCUT2D eigenvalue weighted by molar-refractivity contribution is 7.07. The van der Waals surface area contributed by atoms with E-state index in [9.17, 15) is 9.90 Å². The molecule has 2 saturated heterocycles. The van der Waals surface area contributed by atoms with Gasteiger partial charge in [-0.05, 0) is 44.2 Å². The summed E-state index contributed by atoms with van der Waals surface area (Å²) in [5.74, 6) is 0.686. The Hall–Kier alpha value is -0.980. The van der Waals surface area contributed by atoms with Crippen molar-refractivity contribution in [2.24, 2.45) is 11.8 Å². The molecule has 0 saturated carbocycles. The van der Waals surface area contributed by atoms with Crippen molar-refractivity contribution < 1.29 is 9.90 Å². The molecule has 0 spiro atoms. The van der Waals surface area contributed by atoms with E-state index in [1.165, 1.54) is 37.3 Å². The second-order valence-corrected chi connectivity index (χ2v) is 6.96. The van der Waals surface area contributed by atoms with Gasteiger partial charge in [-0.3, -0.25) is 4.79 Å². The highest BCUT2D eigenvalue weighted by atomic mass is 32.1. The molecule has 116 valence electrons. The summed E-state index contributed by atoms with van der Waals surface area (Å²) in [5.41, 5.74) is 2.24. The van der Waals surface area contributed by atoms with Crippen molar-refractivity contribution in [2.75, 3.05) is 39.3 Å². The van der Waals surface area contributed by atoms with Gasteiger partial charge in [0.05, 0.1) is 5.51 Å². The zero-order valence-electron chi connectivity index (χ0n) is 12.3. The predicted molar refractivity (Wildman–Crippen MR) is 82.4 cm³/mol. The number of thiazole rings is 1. The van der Waals surface area contributed by atoms with Crippen LogP contribution in [0.25, 0.3) is 0 Å². The smallest absolute Gasteiger partial charge is 0.273 e. The lowest BCUT2D eigenvalue weighted by atomic mass is 9.89. The summed E-state index contributed by atoms with van der Waals surface area (Å²) in [5, 5.41) is 11.3. The summed E-state index contributed by atoms with van der Waals surface area (Å²) < 4.78 is 0. The van der Waals surface area contributed by atoms with Crippen LogP contribution in [0.3, 0.4) is 0 Å². The number of piperidine rings is 1. The van der Waals surface area contributed by atoms with Gasteiger partial charge in [-0.1, -0.05) is 0 Å². The van der Waals surface area contributed by atoms with E-state index in [1.54, 1.807) is 10.9 Å². The van der Waals surface area contributed by atoms with Gasteiger partial charge >= 0.3 is 0 Å². The van der Waals surface area contributed by atoms with Crippen molar-refractivity contribution in [3.05, 3.63) is 16.6 Å². The fraction of sp³-hybridized carbons (Fsp3) is 0.733. The van der Waals surface area contributed by atoms with Crippen LogP contribution in [0.2, 0.25) is 0 Å². The average Bonchev–Trinajstić information content (AvgIpc) is 3.19. The molecular weight excluding hydrogens is 286 g/mol. The van der Waals surface area contributed by atoms with Gasteiger partial charge in [0.25, 0.3) is 5.91 Å². The molecule has 2 aliphatic rings. The van der Waals surface area contributed by atoms with Gasteiger partial charge in [0.1, 0.15) is 5.69 Å². The van der Waals surface area contributed by atoms with Crippen LogP contribution in [0.4, 0.5) is 0 Å². The normalized spacial score (nSPS) is 27.2. The fourth-order valence-electron chi connectivity index (χ4n) is 3.56. The number of likely N-dealkylation sites (tertiary alicyclic amines) is 2. The van der Waals surface area contributed by atoms with Crippen LogP contribution < -0.4 is 0 Å². The number of aromatic nitrogens is 1. The molecule has 2 aliphatic heterocycles. The van der Waals surface area contributed by atoms with Crippen LogP contribution in [0, 0.1) is 11.8 Å². The largest absolute Gasteiger partial charge is 0.396 e. The van der Waals surface area contributed by atoms with E-state index < -0.39 is 0 Å². The predicted octanol–water partition coefficient (Wildman–Crippen LogP) is 1.31.